The second-order valence-electron chi connectivity index (χ2n) is 12.0. The summed E-state index contributed by atoms with van der Waals surface area (Å²) in [5.74, 6) is -10.5. The van der Waals surface area contributed by atoms with E-state index < -0.39 is 121 Å². The number of carbonyl (C=O) groups excluding carboxylic acids is 8. The fraction of sp³-hybridized carbons (Fsp3) is 0.633. The Labute approximate surface area is 319 Å². The summed E-state index contributed by atoms with van der Waals surface area (Å²) in [5, 5.41) is 44.0. The molecular weight excluding hydrogens is 754 g/mol. The van der Waals surface area contributed by atoms with Crippen LogP contribution in [0.3, 0.4) is 0 Å². The number of thioether (sulfide) groups is 1. The highest BCUT2D eigenvalue weighted by Gasteiger charge is 2.33. The van der Waals surface area contributed by atoms with Gasteiger partial charge in [0.05, 0.1) is 25.5 Å². The van der Waals surface area contributed by atoms with Crippen molar-refractivity contribution in [1.82, 2.24) is 37.2 Å². The van der Waals surface area contributed by atoms with E-state index in [0.717, 1.165) is 13.8 Å². The minimum atomic E-state index is -1.83. The number of hydrogen-bond donors (Lipinski definition) is 13. The predicted octanol–water partition coefficient (Wildman–Crippen LogP) is -6.33. The van der Waals surface area contributed by atoms with Gasteiger partial charge in [0.2, 0.25) is 47.3 Å². The lowest BCUT2D eigenvalue weighted by molar-refractivity contribution is -0.147. The second kappa shape index (κ2) is 25.3. The van der Waals surface area contributed by atoms with E-state index in [9.17, 15) is 53.1 Å². The van der Waals surface area contributed by atoms with Gasteiger partial charge >= 0.3 is 11.9 Å². The minimum Gasteiger partial charge on any atom is -0.481 e. The topological polar surface area (TPSA) is 406 Å². The van der Waals surface area contributed by atoms with E-state index >= 15 is 0 Å². The molecule has 25 heteroatoms. The molecule has 0 saturated carbocycles. The molecule has 0 aliphatic heterocycles. The average molecular weight is 806 g/mol. The van der Waals surface area contributed by atoms with Crippen LogP contribution in [0.2, 0.25) is 0 Å². The Bertz CT molecular complexity index is 1440. The molecule has 7 atom stereocenters. The first-order chi connectivity index (χ1) is 25.6. The van der Waals surface area contributed by atoms with Gasteiger partial charge in [0, 0.05) is 13.5 Å². The Hall–Kier alpha value is -5.72. The predicted molar refractivity (Wildman–Crippen MR) is 194 cm³/mol. The lowest BCUT2D eigenvalue weighted by Crippen LogP contribution is -2.59. The number of carbonyl (C=O) groups is 10. The van der Waals surface area contributed by atoms with Crippen molar-refractivity contribution >= 4 is 76.9 Å². The number of hydrogen-bond acceptors (Lipinski definition) is 13. The molecule has 0 spiro atoms. The van der Waals surface area contributed by atoms with Gasteiger partial charge in [-0.2, -0.15) is 11.8 Å². The monoisotopic (exact) mass is 805 g/mol. The zero-order chi connectivity index (χ0) is 42.4. The summed E-state index contributed by atoms with van der Waals surface area (Å²) in [5.41, 5.74) is 15.9. The van der Waals surface area contributed by atoms with Crippen LogP contribution in [-0.4, -0.2) is 148 Å². The first kappa shape index (κ1) is 49.3. The molecule has 0 fully saturated rings. The number of aliphatic hydroxyl groups excluding tert-OH is 1. The summed E-state index contributed by atoms with van der Waals surface area (Å²) in [6.45, 7) is 2.66. The number of carboxylic acid groups (broad SMARTS) is 2. The lowest BCUT2D eigenvalue weighted by atomic mass is 10.1. The molecule has 0 aliphatic rings. The Morgan fingerprint density at radius 2 is 1.25 bits per heavy atom. The third kappa shape index (κ3) is 20.9. The minimum absolute atomic E-state index is 0.0493. The molecule has 0 radical (unpaired) electrons. The zero-order valence-corrected chi connectivity index (χ0v) is 31.5. The van der Waals surface area contributed by atoms with E-state index in [1.807, 2.05) is 5.32 Å². The van der Waals surface area contributed by atoms with Crippen molar-refractivity contribution in [2.75, 3.05) is 25.1 Å². The normalized spacial score (nSPS) is 14.4. The molecule has 0 saturated heterocycles. The number of amides is 8. The van der Waals surface area contributed by atoms with Crippen molar-refractivity contribution in [3.05, 3.63) is 0 Å². The quantitative estimate of drug-likeness (QED) is 0.0220. The summed E-state index contributed by atoms with van der Waals surface area (Å²) < 4.78 is 0. The number of rotatable bonds is 26. The van der Waals surface area contributed by atoms with Crippen molar-refractivity contribution < 1.29 is 63.3 Å². The first-order valence-electron chi connectivity index (χ1n) is 16.6. The molecular formula is C30H51N11O13S. The summed E-state index contributed by atoms with van der Waals surface area (Å²) in [7, 11) is 0. The molecule has 8 amide bonds. The van der Waals surface area contributed by atoms with Gasteiger partial charge in [0.15, 0.2) is 5.96 Å². The number of nitrogens with two attached hydrogens (primary N) is 3. The number of aliphatic hydroxyl groups is 1. The number of guanidine groups is 1. The average Bonchev–Trinajstić information content (AvgIpc) is 3.07. The molecule has 24 nitrogen and oxygen atoms in total. The number of nitrogens with one attached hydrogen (secondary N) is 7. The Morgan fingerprint density at radius 3 is 1.76 bits per heavy atom. The molecule has 0 aromatic rings. The summed E-state index contributed by atoms with van der Waals surface area (Å²) in [4.78, 5) is 127. The van der Waals surface area contributed by atoms with Crippen molar-refractivity contribution in [1.29, 1.82) is 0 Å². The number of aliphatic imine (C=N–C) groups is 1. The summed E-state index contributed by atoms with van der Waals surface area (Å²) in [6.07, 6.45) is -1.17. The van der Waals surface area contributed by atoms with Crippen molar-refractivity contribution in [2.24, 2.45) is 22.2 Å². The van der Waals surface area contributed by atoms with E-state index in [1.54, 1.807) is 6.26 Å². The highest BCUT2D eigenvalue weighted by atomic mass is 32.2. The Balaban J connectivity index is 5.75. The molecule has 16 N–H and O–H groups in total. The fourth-order valence-electron chi connectivity index (χ4n) is 4.44. The Kier molecular flexibility index (Phi) is 22.7. The van der Waals surface area contributed by atoms with Crippen LogP contribution in [0.5, 0.6) is 0 Å². The van der Waals surface area contributed by atoms with Crippen molar-refractivity contribution in [3.63, 3.8) is 0 Å². The van der Waals surface area contributed by atoms with E-state index in [0.29, 0.717) is 5.75 Å². The van der Waals surface area contributed by atoms with Crippen LogP contribution in [0.1, 0.15) is 52.9 Å². The standard InChI is InChI=1S/C30H51N11O13S/c1-13(24(48)40-19(29(53)54)11-22(46)47)36-27(51)18(10-20(31)44)38-21(45)12-35-28(52)23(14(2)42)41-26(50)16(6-5-8-34-30(32)33)39-25(49)17(7-9-55-4)37-15(3)43/h13-14,16-19,23,42H,5-12H2,1-4H3,(H2,31,44)(H,35,52)(H,36,51)(H,37,43)(H,38,45)(H,39,49)(H,40,48)(H,41,50)(H,46,47)(H,53,54)(H4,32,33,34)/t13-,14+,16-,17-,18-,19-,23-/m0/s1. The van der Waals surface area contributed by atoms with Gasteiger partial charge in [0.1, 0.15) is 36.3 Å². The first-order valence-corrected chi connectivity index (χ1v) is 18.0. The van der Waals surface area contributed by atoms with E-state index in [1.165, 1.54) is 18.7 Å². The van der Waals surface area contributed by atoms with Gasteiger partial charge in [0.25, 0.3) is 0 Å². The molecule has 0 heterocycles. The van der Waals surface area contributed by atoms with Crippen LogP contribution in [-0.2, 0) is 47.9 Å². The maximum Gasteiger partial charge on any atom is 0.326 e. The van der Waals surface area contributed by atoms with Gasteiger partial charge in [-0.3, -0.25) is 48.1 Å². The number of carboxylic acids is 2. The van der Waals surface area contributed by atoms with E-state index in [-0.39, 0.29) is 31.8 Å². The maximum atomic E-state index is 13.4. The maximum absolute atomic E-state index is 13.4. The molecule has 0 aromatic heterocycles. The zero-order valence-electron chi connectivity index (χ0n) is 30.7. The van der Waals surface area contributed by atoms with Crippen LogP contribution in [0.25, 0.3) is 0 Å². The van der Waals surface area contributed by atoms with Gasteiger partial charge in [-0.05, 0) is 45.1 Å². The molecule has 0 rings (SSSR count). The number of aliphatic carboxylic acids is 2. The largest absolute Gasteiger partial charge is 0.481 e. The number of nitrogens with zero attached hydrogens (tertiary/aromatic N) is 1. The molecule has 55 heavy (non-hydrogen) atoms. The molecule has 0 aromatic carbocycles. The highest BCUT2D eigenvalue weighted by molar-refractivity contribution is 7.98. The second-order valence-corrected chi connectivity index (χ2v) is 13.0. The van der Waals surface area contributed by atoms with Crippen LogP contribution in [0.15, 0.2) is 4.99 Å². The molecule has 0 unspecified atom stereocenters. The van der Waals surface area contributed by atoms with Crippen molar-refractivity contribution in [2.45, 2.75) is 95.2 Å². The van der Waals surface area contributed by atoms with Crippen LogP contribution < -0.4 is 54.4 Å². The summed E-state index contributed by atoms with van der Waals surface area (Å²) in [6, 6.07) is -9.03. The number of primary amides is 1. The van der Waals surface area contributed by atoms with Crippen LogP contribution in [0.4, 0.5) is 0 Å². The molecule has 310 valence electrons. The Morgan fingerprint density at radius 1 is 0.691 bits per heavy atom. The SMILES string of the molecule is CSCC[C@H](NC(C)=O)C(=O)N[C@@H](CCCN=C(N)N)C(=O)N[C@H](C(=O)NCC(=O)N[C@@H](CC(N)=O)C(=O)N[C@@H](C)C(=O)N[C@@H](CC(=O)O)C(=O)O)[C@@H](C)O. The van der Waals surface area contributed by atoms with Crippen LogP contribution in [0, 0.1) is 0 Å². The third-order valence-corrected chi connectivity index (χ3v) is 7.82. The van der Waals surface area contributed by atoms with Gasteiger partial charge in [-0.1, -0.05) is 0 Å². The van der Waals surface area contributed by atoms with E-state index in [4.69, 9.17) is 27.4 Å². The van der Waals surface area contributed by atoms with Crippen LogP contribution >= 0.6 is 11.8 Å². The summed E-state index contributed by atoms with van der Waals surface area (Å²) >= 11 is 1.42. The highest BCUT2D eigenvalue weighted by Crippen LogP contribution is 2.06. The van der Waals surface area contributed by atoms with E-state index in [2.05, 4.69) is 36.9 Å². The van der Waals surface area contributed by atoms with Gasteiger partial charge in [-0.25, -0.2) is 4.79 Å². The molecule has 0 bridgehead atoms. The lowest BCUT2D eigenvalue weighted by Gasteiger charge is -2.26. The van der Waals surface area contributed by atoms with Gasteiger partial charge in [-0.15, -0.1) is 0 Å². The molecule has 0 aliphatic carbocycles. The fourth-order valence-corrected chi connectivity index (χ4v) is 4.91. The van der Waals surface area contributed by atoms with Gasteiger partial charge < -0.3 is 69.7 Å². The van der Waals surface area contributed by atoms with Crippen molar-refractivity contribution in [3.8, 4) is 0 Å². The third-order valence-electron chi connectivity index (χ3n) is 7.17. The smallest absolute Gasteiger partial charge is 0.326 e.